The lowest BCUT2D eigenvalue weighted by molar-refractivity contribution is 0.361. The number of nitrogens with one attached hydrogen (secondary N) is 6. The smallest absolute Gasteiger partial charge is 0.288 e. The van der Waals surface area contributed by atoms with Crippen LogP contribution in [0.2, 0.25) is 0 Å². The van der Waals surface area contributed by atoms with Crippen LogP contribution in [0.3, 0.4) is 0 Å². The van der Waals surface area contributed by atoms with Crippen molar-refractivity contribution in [3.05, 3.63) is 175 Å². The second-order valence-electron chi connectivity index (χ2n) is 14.4. The van der Waals surface area contributed by atoms with E-state index >= 15 is 0 Å². The number of aromatic nitrogens is 6. The molecule has 0 radical (unpaired) electrons. The van der Waals surface area contributed by atoms with Gasteiger partial charge in [0, 0.05) is 35.1 Å². The van der Waals surface area contributed by atoms with E-state index in [1.807, 2.05) is 24.3 Å². The topological polar surface area (TPSA) is 258 Å². The molecule has 64 heavy (non-hydrogen) atoms. The summed E-state index contributed by atoms with van der Waals surface area (Å²) in [6.45, 7) is 0. The van der Waals surface area contributed by atoms with Crippen molar-refractivity contribution in [1.29, 1.82) is 0 Å². The third kappa shape index (κ3) is 10.1. The van der Waals surface area contributed by atoms with Crippen LogP contribution in [0.5, 0.6) is 0 Å². The fourth-order valence-corrected chi connectivity index (χ4v) is 9.81. The summed E-state index contributed by atoms with van der Waals surface area (Å²) in [7, 11) is -11.5. The SMILES string of the molecule is O=S(=O)(O)C1(S(=O)(=O)O)CC(Nc2nc(Nc3ccccc3)nc(Nc3ccccc3)n2)(Nc2nc(Nc3ccccc3)nc(Nc3ccccc3)n2)C=CC1C=Cc1ccccc1. The summed E-state index contributed by atoms with van der Waals surface area (Å²) in [4.78, 5) is 27.5. The summed E-state index contributed by atoms with van der Waals surface area (Å²) in [5, 5.41) is 18.6. The van der Waals surface area contributed by atoms with E-state index in [9.17, 15) is 25.9 Å². The first kappa shape index (κ1) is 42.9. The third-order valence-corrected chi connectivity index (χ3v) is 13.7. The molecule has 8 rings (SSSR count). The van der Waals surface area contributed by atoms with Crippen LogP contribution in [-0.2, 0) is 20.2 Å². The molecule has 1 aliphatic rings. The van der Waals surface area contributed by atoms with Crippen molar-refractivity contribution in [3.8, 4) is 0 Å². The van der Waals surface area contributed by atoms with Gasteiger partial charge < -0.3 is 31.9 Å². The van der Waals surface area contributed by atoms with Gasteiger partial charge in [-0.1, -0.05) is 121 Å². The first-order valence-electron chi connectivity index (χ1n) is 19.6. The van der Waals surface area contributed by atoms with Gasteiger partial charge in [0.15, 0.2) is 0 Å². The van der Waals surface area contributed by atoms with Crippen LogP contribution >= 0.6 is 0 Å². The number of benzene rings is 5. The standard InChI is InChI=1S/C44H40N12O6S2/c57-63(58,59)44(64(60,61)62)30-43(29-28-32(44)27-26-31-16-6-1-7-17-31,55-41-51-37(45-33-18-8-2-9-19-33)49-38(52-41)46-34-20-10-3-11-21-34)56-42-53-39(47-35-22-12-4-13-23-35)50-40(54-42)48-36-24-14-5-15-25-36/h1-29,32H,30H2,(H,57,58,59)(H,60,61,62)(H3,45,46,49,51,52,55)(H3,47,48,50,53,54,56). The average molecular weight is 897 g/mol. The van der Waals surface area contributed by atoms with Crippen molar-refractivity contribution in [2.75, 3.05) is 31.9 Å². The van der Waals surface area contributed by atoms with Crippen LogP contribution in [0.15, 0.2) is 170 Å². The Morgan fingerprint density at radius 3 is 1.11 bits per heavy atom. The number of hydrogen-bond donors (Lipinski definition) is 8. The van der Waals surface area contributed by atoms with Gasteiger partial charge >= 0.3 is 0 Å². The minimum atomic E-state index is -5.73. The molecule has 18 nitrogen and oxygen atoms in total. The Labute approximate surface area is 368 Å². The molecule has 1 aliphatic carbocycles. The minimum absolute atomic E-state index is 0.0282. The van der Waals surface area contributed by atoms with Crippen LogP contribution in [0.1, 0.15) is 12.0 Å². The molecular weight excluding hydrogens is 857 g/mol. The largest absolute Gasteiger partial charge is 0.328 e. The monoisotopic (exact) mass is 896 g/mol. The van der Waals surface area contributed by atoms with Gasteiger partial charge in [-0.25, -0.2) is 0 Å². The molecular formula is C44H40N12O6S2. The van der Waals surface area contributed by atoms with E-state index < -0.39 is 42.3 Å². The average Bonchev–Trinajstić information content (AvgIpc) is 3.27. The third-order valence-electron chi connectivity index (χ3n) is 9.85. The normalized spacial score (nSPS) is 15.5. The molecule has 0 amide bonds. The molecule has 8 N–H and O–H groups in total. The summed E-state index contributed by atoms with van der Waals surface area (Å²) in [6, 6.07) is 44.7. The van der Waals surface area contributed by atoms with Crippen LogP contribution in [0.4, 0.5) is 58.4 Å². The molecule has 1 unspecified atom stereocenters. The fraction of sp³-hybridized carbons (Fsp3) is 0.0909. The zero-order valence-corrected chi connectivity index (χ0v) is 35.2. The summed E-state index contributed by atoms with van der Waals surface area (Å²) in [6.07, 6.45) is 4.31. The molecule has 0 bridgehead atoms. The lowest BCUT2D eigenvalue weighted by Crippen LogP contribution is -2.62. The number of anilines is 10. The van der Waals surface area contributed by atoms with Crippen molar-refractivity contribution in [1.82, 2.24) is 29.9 Å². The molecule has 5 aromatic carbocycles. The Hall–Kier alpha value is -7.78. The van der Waals surface area contributed by atoms with Crippen molar-refractivity contribution in [3.63, 3.8) is 0 Å². The fourth-order valence-electron chi connectivity index (χ4n) is 6.92. The minimum Gasteiger partial charge on any atom is -0.328 e. The summed E-state index contributed by atoms with van der Waals surface area (Å²) >= 11 is 0. The Morgan fingerprint density at radius 2 is 0.781 bits per heavy atom. The van der Waals surface area contributed by atoms with Crippen molar-refractivity contribution >= 4 is 84.8 Å². The molecule has 7 aromatic rings. The first-order valence-corrected chi connectivity index (χ1v) is 22.5. The predicted octanol–water partition coefficient (Wildman–Crippen LogP) is 8.01. The number of hydrogen-bond acceptors (Lipinski definition) is 16. The van der Waals surface area contributed by atoms with Gasteiger partial charge in [0.05, 0.1) is 0 Å². The van der Waals surface area contributed by atoms with Gasteiger partial charge in [0.1, 0.15) is 5.66 Å². The Morgan fingerprint density at radius 1 is 0.469 bits per heavy atom. The molecule has 2 heterocycles. The Balaban J connectivity index is 1.30. The molecule has 1 atom stereocenters. The van der Waals surface area contributed by atoms with E-state index in [4.69, 9.17) is 0 Å². The molecule has 0 saturated carbocycles. The highest BCUT2D eigenvalue weighted by Crippen LogP contribution is 2.46. The lowest BCUT2D eigenvalue weighted by atomic mass is 9.86. The highest BCUT2D eigenvalue weighted by atomic mass is 32.3. The first-order chi connectivity index (χ1) is 30.8. The van der Waals surface area contributed by atoms with Gasteiger partial charge in [-0.2, -0.15) is 46.7 Å². The lowest BCUT2D eigenvalue weighted by Gasteiger charge is -2.44. The van der Waals surface area contributed by atoms with Crippen LogP contribution < -0.4 is 31.9 Å². The van der Waals surface area contributed by atoms with E-state index in [2.05, 4.69) is 61.8 Å². The molecule has 20 heteroatoms. The predicted molar refractivity (Wildman–Crippen MR) is 247 cm³/mol. The number of nitrogens with zero attached hydrogens (tertiary/aromatic N) is 6. The van der Waals surface area contributed by atoms with E-state index in [1.54, 1.807) is 127 Å². The number of rotatable bonds is 16. The molecule has 2 aromatic heterocycles. The zero-order chi connectivity index (χ0) is 44.6. The molecule has 0 fully saturated rings. The van der Waals surface area contributed by atoms with E-state index in [-0.39, 0.29) is 35.7 Å². The van der Waals surface area contributed by atoms with Crippen molar-refractivity contribution in [2.45, 2.75) is 16.2 Å². The number of para-hydroxylation sites is 4. The maximum atomic E-state index is 13.8. The summed E-state index contributed by atoms with van der Waals surface area (Å²) < 4.78 is 73.9. The highest BCUT2D eigenvalue weighted by Gasteiger charge is 2.64. The summed E-state index contributed by atoms with van der Waals surface area (Å²) in [5.74, 6) is -1.98. The van der Waals surface area contributed by atoms with E-state index in [0.29, 0.717) is 28.3 Å². The van der Waals surface area contributed by atoms with Gasteiger partial charge in [-0.05, 0) is 60.2 Å². The second kappa shape index (κ2) is 18.3. The second-order valence-corrected chi connectivity index (χ2v) is 18.0. The number of allylic oxidation sites excluding steroid dienone is 2. The van der Waals surface area contributed by atoms with Crippen LogP contribution in [0.25, 0.3) is 6.08 Å². The molecule has 0 aliphatic heterocycles. The maximum Gasteiger partial charge on any atom is 0.288 e. The van der Waals surface area contributed by atoms with Gasteiger partial charge in [-0.3, -0.25) is 9.11 Å². The highest BCUT2D eigenvalue weighted by molar-refractivity contribution is 8.05. The zero-order valence-electron chi connectivity index (χ0n) is 33.6. The van der Waals surface area contributed by atoms with Gasteiger partial charge in [-0.15, -0.1) is 0 Å². The van der Waals surface area contributed by atoms with Gasteiger partial charge in [0.25, 0.3) is 20.2 Å². The van der Waals surface area contributed by atoms with Crippen molar-refractivity contribution in [2.24, 2.45) is 5.92 Å². The molecule has 324 valence electrons. The van der Waals surface area contributed by atoms with Crippen molar-refractivity contribution < 1.29 is 25.9 Å². The van der Waals surface area contributed by atoms with E-state index in [0.717, 1.165) is 0 Å². The molecule has 0 saturated heterocycles. The Bertz CT molecular complexity index is 2710. The molecule has 0 spiro atoms. The van der Waals surface area contributed by atoms with E-state index in [1.165, 1.54) is 24.3 Å². The van der Waals surface area contributed by atoms with Gasteiger partial charge in [0.2, 0.25) is 39.8 Å². The summed E-state index contributed by atoms with van der Waals surface area (Å²) in [5.41, 5.74) is 0.899. The van der Waals surface area contributed by atoms with Crippen LogP contribution in [0, 0.1) is 5.92 Å². The maximum absolute atomic E-state index is 13.8. The van der Waals surface area contributed by atoms with Crippen LogP contribution in [-0.4, -0.2) is 65.6 Å². The quantitative estimate of drug-likeness (QED) is 0.0259. The Kier molecular flexibility index (Phi) is 12.3.